The minimum absolute atomic E-state index is 0.00780. The van der Waals surface area contributed by atoms with Crippen molar-refractivity contribution < 1.29 is 19.7 Å². The number of aliphatic imine (C=N–C) groups is 1. The normalized spacial score (nSPS) is 22.8. The summed E-state index contributed by atoms with van der Waals surface area (Å²) in [5, 5.41) is 24.2. The maximum atomic E-state index is 13.1. The number of nitrogens with one attached hydrogen (secondary N) is 1. The number of aryl methyl sites for hydroxylation is 1. The van der Waals surface area contributed by atoms with Crippen LogP contribution in [0.3, 0.4) is 0 Å². The van der Waals surface area contributed by atoms with E-state index in [2.05, 4.69) is 32.4 Å². The Morgan fingerprint density at radius 2 is 2.03 bits per heavy atom. The maximum absolute atomic E-state index is 13.1. The van der Waals surface area contributed by atoms with Crippen LogP contribution in [0.1, 0.15) is 41.8 Å². The summed E-state index contributed by atoms with van der Waals surface area (Å²) in [4.78, 5) is 30.2. The largest absolute Gasteiger partial charge is 0.489 e. The Kier molecular flexibility index (Phi) is 5.89. The Morgan fingerprint density at radius 3 is 2.81 bits per heavy atom. The Balaban J connectivity index is 1.30. The average molecular weight is 508 g/mol. The molecule has 9 nitrogen and oxygen atoms in total. The fourth-order valence-electron chi connectivity index (χ4n) is 5.34. The van der Waals surface area contributed by atoms with Gasteiger partial charge in [0.2, 0.25) is 5.91 Å². The minimum atomic E-state index is -0.864. The molecule has 188 valence electrons. The van der Waals surface area contributed by atoms with E-state index in [0.717, 1.165) is 49.9 Å². The lowest BCUT2D eigenvalue weighted by atomic mass is 9.87. The third-order valence-electron chi connectivity index (χ3n) is 7.11. The predicted octanol–water partition coefficient (Wildman–Crippen LogP) is 2.82. The number of nitrogens with zero attached hydrogens (tertiary/aromatic N) is 4. The quantitative estimate of drug-likeness (QED) is 0.486. The fraction of sp³-hybridized carbons (Fsp3) is 0.462. The first-order valence-electron chi connectivity index (χ1n) is 12.4. The zero-order valence-electron chi connectivity index (χ0n) is 20.3. The maximum Gasteiger partial charge on any atom is 0.226 e. The van der Waals surface area contributed by atoms with Gasteiger partial charge < -0.3 is 25.2 Å². The summed E-state index contributed by atoms with van der Waals surface area (Å²) in [5.41, 5.74) is 4.25. The van der Waals surface area contributed by atoms with Crippen molar-refractivity contribution in [1.29, 1.82) is 0 Å². The lowest BCUT2D eigenvalue weighted by molar-refractivity contribution is -0.135. The van der Waals surface area contributed by atoms with Gasteiger partial charge in [0.1, 0.15) is 22.7 Å². The summed E-state index contributed by atoms with van der Waals surface area (Å²) in [6, 6.07) is 4.11. The number of aliphatic hydroxyl groups excluding tert-OH is 2. The monoisotopic (exact) mass is 507 g/mol. The van der Waals surface area contributed by atoms with Gasteiger partial charge in [-0.15, -0.1) is 11.3 Å². The van der Waals surface area contributed by atoms with Crippen LogP contribution in [0, 0.1) is 5.92 Å². The third kappa shape index (κ3) is 4.12. The zero-order chi connectivity index (χ0) is 25.0. The van der Waals surface area contributed by atoms with Gasteiger partial charge in [0, 0.05) is 30.1 Å². The molecular formula is C26H29N5O4S. The van der Waals surface area contributed by atoms with E-state index >= 15 is 0 Å². The number of ether oxygens (including phenoxy) is 1. The van der Waals surface area contributed by atoms with E-state index in [1.54, 1.807) is 22.6 Å². The van der Waals surface area contributed by atoms with Gasteiger partial charge in [0.15, 0.2) is 0 Å². The van der Waals surface area contributed by atoms with Crippen molar-refractivity contribution in [1.82, 2.24) is 14.9 Å². The van der Waals surface area contributed by atoms with E-state index in [4.69, 9.17) is 4.74 Å². The van der Waals surface area contributed by atoms with E-state index in [-0.39, 0.29) is 31.0 Å². The second-order valence-corrected chi connectivity index (χ2v) is 11.1. The standard InChI is InChI=1S/C26H29N5O4S/c1-13(2)35-21-6-16-9-27-8-15(16)5-18(21)30-24-23-17-4-3-14(7-22(17)36-25(23)29-12-28-24)26(34)31-10-19(32)20(33)11-31/h5-6,8,12-14,19-20,32-33H,3-4,7,9-11H2,1-2H3,(H,28,29,30)/t14-,19+,20+/m0/s1. The first kappa shape index (κ1) is 23.3. The van der Waals surface area contributed by atoms with Crippen LogP contribution in [0.5, 0.6) is 5.75 Å². The van der Waals surface area contributed by atoms with Crippen LogP contribution in [0.15, 0.2) is 23.5 Å². The number of carbonyl (C=O) groups is 1. The first-order chi connectivity index (χ1) is 17.4. The van der Waals surface area contributed by atoms with Gasteiger partial charge in [-0.1, -0.05) is 0 Å². The number of fused-ring (bicyclic) bond motifs is 4. The molecule has 0 saturated carbocycles. The number of aliphatic hydroxyl groups is 2. The van der Waals surface area contributed by atoms with Crippen molar-refractivity contribution >= 4 is 45.2 Å². The summed E-state index contributed by atoms with van der Waals surface area (Å²) in [6.07, 6.45) is 3.85. The SMILES string of the molecule is CC(C)Oc1cc2c(cc1Nc1ncnc3sc4c(c13)CC[C@H](C(=O)N1C[C@@H](O)[C@H](O)C1)C4)C=NC2. The van der Waals surface area contributed by atoms with Gasteiger partial charge in [-0.25, -0.2) is 9.97 Å². The molecule has 3 aliphatic rings. The molecule has 36 heavy (non-hydrogen) atoms. The number of hydrogen-bond acceptors (Lipinski definition) is 9. The Labute approximate surface area is 212 Å². The highest BCUT2D eigenvalue weighted by Gasteiger charge is 2.37. The van der Waals surface area contributed by atoms with Crippen molar-refractivity contribution in [2.45, 2.75) is 58.0 Å². The predicted molar refractivity (Wildman–Crippen MR) is 138 cm³/mol. The third-order valence-corrected chi connectivity index (χ3v) is 8.28. The van der Waals surface area contributed by atoms with E-state index in [1.165, 1.54) is 5.56 Å². The highest BCUT2D eigenvalue weighted by molar-refractivity contribution is 7.19. The van der Waals surface area contributed by atoms with Crippen molar-refractivity contribution in [3.8, 4) is 5.75 Å². The van der Waals surface area contributed by atoms with Crippen LogP contribution in [-0.4, -0.2) is 68.6 Å². The Hall–Kier alpha value is -3.08. The molecule has 1 fully saturated rings. The van der Waals surface area contributed by atoms with Crippen LogP contribution >= 0.6 is 11.3 Å². The van der Waals surface area contributed by atoms with E-state index in [1.807, 2.05) is 20.1 Å². The molecule has 10 heteroatoms. The lowest BCUT2D eigenvalue weighted by Gasteiger charge is -2.26. The van der Waals surface area contributed by atoms with E-state index in [9.17, 15) is 15.0 Å². The van der Waals surface area contributed by atoms with E-state index in [0.29, 0.717) is 19.4 Å². The molecule has 1 aromatic carbocycles. The molecule has 0 radical (unpaired) electrons. The average Bonchev–Trinajstić information content (AvgIpc) is 3.55. The molecule has 1 saturated heterocycles. The summed E-state index contributed by atoms with van der Waals surface area (Å²) in [5.74, 6) is 1.35. The van der Waals surface area contributed by atoms with Gasteiger partial charge in [0.05, 0.1) is 35.9 Å². The molecule has 0 spiro atoms. The number of anilines is 2. The molecule has 1 aliphatic carbocycles. The van der Waals surface area contributed by atoms with Gasteiger partial charge in [-0.3, -0.25) is 9.79 Å². The number of amides is 1. The summed E-state index contributed by atoms with van der Waals surface area (Å²) in [7, 11) is 0. The topological polar surface area (TPSA) is 120 Å². The van der Waals surface area contributed by atoms with E-state index < -0.39 is 12.2 Å². The second-order valence-electron chi connectivity index (χ2n) is 10.0. The molecule has 1 amide bonds. The van der Waals surface area contributed by atoms with Crippen molar-refractivity contribution in [2.75, 3.05) is 18.4 Å². The highest BCUT2D eigenvalue weighted by atomic mass is 32.1. The molecular weight excluding hydrogens is 478 g/mol. The molecule has 3 atom stereocenters. The van der Waals surface area contributed by atoms with Crippen LogP contribution < -0.4 is 10.1 Å². The van der Waals surface area contributed by atoms with Crippen molar-refractivity contribution in [3.63, 3.8) is 0 Å². The highest BCUT2D eigenvalue weighted by Crippen LogP contribution is 2.42. The van der Waals surface area contributed by atoms with Crippen molar-refractivity contribution in [2.24, 2.45) is 10.9 Å². The van der Waals surface area contributed by atoms with Crippen LogP contribution in [0.4, 0.5) is 11.5 Å². The lowest BCUT2D eigenvalue weighted by Crippen LogP contribution is -2.37. The number of β-amino-alcohol motifs (C(OH)–C–C–N with tert-alkyl or cyclic N) is 2. The van der Waals surface area contributed by atoms with Crippen LogP contribution in [-0.2, 0) is 24.2 Å². The molecule has 0 bridgehead atoms. The molecule has 0 unspecified atom stereocenters. The summed E-state index contributed by atoms with van der Waals surface area (Å²) < 4.78 is 6.12. The number of likely N-dealkylation sites (tertiary alicyclic amines) is 1. The number of hydrogen-bond donors (Lipinski definition) is 3. The molecule has 6 rings (SSSR count). The zero-order valence-corrected chi connectivity index (χ0v) is 21.1. The smallest absolute Gasteiger partial charge is 0.226 e. The number of thiophene rings is 1. The number of carbonyl (C=O) groups excluding carboxylic acids is 1. The van der Waals surface area contributed by atoms with Crippen molar-refractivity contribution in [3.05, 3.63) is 40.0 Å². The molecule has 2 aliphatic heterocycles. The first-order valence-corrected chi connectivity index (χ1v) is 13.2. The number of rotatable bonds is 5. The Bertz CT molecular complexity index is 1360. The van der Waals surface area contributed by atoms with Gasteiger partial charge in [-0.2, -0.15) is 0 Å². The second kappa shape index (κ2) is 9.10. The molecule has 4 heterocycles. The summed E-state index contributed by atoms with van der Waals surface area (Å²) in [6.45, 7) is 5.07. The molecule has 3 aromatic rings. The fourth-order valence-corrected chi connectivity index (χ4v) is 6.61. The molecule has 2 aromatic heterocycles. The van der Waals surface area contributed by atoms with Gasteiger partial charge in [0.25, 0.3) is 0 Å². The Morgan fingerprint density at radius 1 is 1.22 bits per heavy atom. The summed E-state index contributed by atoms with van der Waals surface area (Å²) >= 11 is 1.61. The van der Waals surface area contributed by atoms with Gasteiger partial charge in [-0.05, 0) is 61.9 Å². The number of aromatic nitrogens is 2. The van der Waals surface area contributed by atoms with Gasteiger partial charge >= 0.3 is 0 Å². The van der Waals surface area contributed by atoms with Crippen LogP contribution in [0.25, 0.3) is 10.2 Å². The number of benzene rings is 1. The molecule has 3 N–H and O–H groups in total. The van der Waals surface area contributed by atoms with Crippen LogP contribution in [0.2, 0.25) is 0 Å². The minimum Gasteiger partial charge on any atom is -0.489 e.